The van der Waals surface area contributed by atoms with Crippen LogP contribution in [0.15, 0.2) is 23.3 Å². The van der Waals surface area contributed by atoms with Crippen LogP contribution >= 0.6 is 23.2 Å². The Labute approximate surface area is 74.6 Å². The smallest absolute Gasteiger partial charge is 0.0598 e. The standard InChI is InChI=1S/C7H6Cl2N2/c8-6-2-1-5(4-11-10)3-7(6)9/h1-4H,10H2/b11-4-. The average molecular weight is 189 g/mol. The maximum absolute atomic E-state index is 5.72. The van der Waals surface area contributed by atoms with E-state index in [2.05, 4.69) is 5.10 Å². The van der Waals surface area contributed by atoms with Crippen molar-refractivity contribution in [2.75, 3.05) is 0 Å². The summed E-state index contributed by atoms with van der Waals surface area (Å²) in [5.41, 5.74) is 0.835. The monoisotopic (exact) mass is 188 g/mol. The third kappa shape index (κ3) is 2.10. The molecule has 0 aliphatic rings. The second-order valence-corrected chi connectivity index (χ2v) is 2.77. The fraction of sp³-hybridized carbons (Fsp3) is 0. The van der Waals surface area contributed by atoms with Crippen LogP contribution in [0.2, 0.25) is 10.0 Å². The van der Waals surface area contributed by atoms with E-state index >= 15 is 0 Å². The lowest BCUT2D eigenvalue weighted by Crippen LogP contribution is -1.85. The Morgan fingerprint density at radius 1 is 1.27 bits per heavy atom. The Morgan fingerprint density at radius 2 is 2.00 bits per heavy atom. The van der Waals surface area contributed by atoms with Crippen LogP contribution in [0.3, 0.4) is 0 Å². The van der Waals surface area contributed by atoms with Gasteiger partial charge in [0.05, 0.1) is 16.3 Å². The Bertz CT molecular complexity index is 284. The van der Waals surface area contributed by atoms with Gasteiger partial charge in [0.25, 0.3) is 0 Å². The number of hydrazone groups is 1. The first-order valence-electron chi connectivity index (χ1n) is 2.92. The molecular formula is C7H6Cl2N2. The third-order valence-corrected chi connectivity index (χ3v) is 1.91. The van der Waals surface area contributed by atoms with Crippen LogP contribution in [0.5, 0.6) is 0 Å². The van der Waals surface area contributed by atoms with Crippen LogP contribution in [-0.4, -0.2) is 6.21 Å². The summed E-state index contributed by atoms with van der Waals surface area (Å²) in [7, 11) is 0. The first-order valence-corrected chi connectivity index (χ1v) is 3.68. The van der Waals surface area contributed by atoms with E-state index < -0.39 is 0 Å². The van der Waals surface area contributed by atoms with Crippen LogP contribution < -0.4 is 5.84 Å². The normalized spacial score (nSPS) is 10.7. The van der Waals surface area contributed by atoms with E-state index in [0.717, 1.165) is 5.56 Å². The van der Waals surface area contributed by atoms with E-state index in [1.807, 2.05) is 0 Å². The summed E-state index contributed by atoms with van der Waals surface area (Å²) in [6.07, 6.45) is 1.50. The van der Waals surface area contributed by atoms with Crippen molar-refractivity contribution in [2.45, 2.75) is 0 Å². The molecule has 0 aliphatic heterocycles. The summed E-state index contributed by atoms with van der Waals surface area (Å²) in [5.74, 6) is 4.94. The first-order chi connectivity index (χ1) is 5.24. The number of hydrogen-bond donors (Lipinski definition) is 1. The van der Waals surface area contributed by atoms with E-state index in [1.165, 1.54) is 6.21 Å². The van der Waals surface area contributed by atoms with E-state index in [0.29, 0.717) is 10.0 Å². The number of rotatable bonds is 1. The number of hydrogen-bond acceptors (Lipinski definition) is 2. The zero-order valence-corrected chi connectivity index (χ0v) is 7.10. The van der Waals surface area contributed by atoms with Gasteiger partial charge in [-0.15, -0.1) is 0 Å². The molecule has 0 aromatic heterocycles. The van der Waals surface area contributed by atoms with E-state index in [4.69, 9.17) is 29.0 Å². The third-order valence-electron chi connectivity index (χ3n) is 1.17. The number of benzene rings is 1. The molecule has 0 radical (unpaired) electrons. The van der Waals surface area contributed by atoms with E-state index in [1.54, 1.807) is 18.2 Å². The minimum atomic E-state index is 0.504. The maximum Gasteiger partial charge on any atom is 0.0598 e. The van der Waals surface area contributed by atoms with Gasteiger partial charge in [0.1, 0.15) is 0 Å². The van der Waals surface area contributed by atoms with Gasteiger partial charge in [0.2, 0.25) is 0 Å². The lowest BCUT2D eigenvalue weighted by molar-refractivity contribution is 1.26. The molecule has 0 bridgehead atoms. The second-order valence-electron chi connectivity index (χ2n) is 1.95. The van der Waals surface area contributed by atoms with Gasteiger partial charge in [-0.05, 0) is 17.7 Å². The minimum absolute atomic E-state index is 0.504. The zero-order chi connectivity index (χ0) is 8.27. The zero-order valence-electron chi connectivity index (χ0n) is 5.59. The lowest BCUT2D eigenvalue weighted by atomic mass is 10.2. The van der Waals surface area contributed by atoms with Gasteiger partial charge >= 0.3 is 0 Å². The molecule has 1 aromatic rings. The highest BCUT2D eigenvalue weighted by Crippen LogP contribution is 2.21. The number of halogens is 2. The maximum atomic E-state index is 5.72. The first kappa shape index (κ1) is 8.37. The van der Waals surface area contributed by atoms with Crippen molar-refractivity contribution in [2.24, 2.45) is 10.9 Å². The molecule has 2 nitrogen and oxygen atoms in total. The van der Waals surface area contributed by atoms with E-state index in [9.17, 15) is 0 Å². The molecule has 0 heterocycles. The molecule has 0 saturated carbocycles. The molecular weight excluding hydrogens is 183 g/mol. The minimum Gasteiger partial charge on any atom is -0.323 e. The summed E-state index contributed by atoms with van der Waals surface area (Å²) >= 11 is 11.4. The molecule has 4 heteroatoms. The fourth-order valence-electron chi connectivity index (χ4n) is 0.679. The highest BCUT2D eigenvalue weighted by molar-refractivity contribution is 6.42. The van der Waals surface area contributed by atoms with Crippen molar-refractivity contribution in [3.8, 4) is 0 Å². The Morgan fingerprint density at radius 3 is 2.55 bits per heavy atom. The molecule has 1 rings (SSSR count). The molecule has 1 aromatic carbocycles. The van der Waals surface area contributed by atoms with Crippen LogP contribution in [0.1, 0.15) is 5.56 Å². The van der Waals surface area contributed by atoms with Gasteiger partial charge in [-0.25, -0.2) is 0 Å². The van der Waals surface area contributed by atoms with Gasteiger partial charge in [-0.1, -0.05) is 29.3 Å². The quantitative estimate of drug-likeness (QED) is 0.410. The Kier molecular flexibility index (Phi) is 2.74. The van der Waals surface area contributed by atoms with Gasteiger partial charge in [-0.2, -0.15) is 5.10 Å². The van der Waals surface area contributed by atoms with Crippen molar-refractivity contribution in [1.29, 1.82) is 0 Å². The average Bonchev–Trinajstić information content (AvgIpc) is 1.98. The molecule has 0 fully saturated rings. The van der Waals surface area contributed by atoms with Crippen LogP contribution in [0, 0.1) is 0 Å². The van der Waals surface area contributed by atoms with Crippen LogP contribution in [-0.2, 0) is 0 Å². The predicted octanol–water partition coefficient (Wildman–Crippen LogP) is 2.29. The van der Waals surface area contributed by atoms with Gasteiger partial charge in [0, 0.05) is 0 Å². The van der Waals surface area contributed by atoms with Crippen LogP contribution in [0.25, 0.3) is 0 Å². The van der Waals surface area contributed by atoms with Crippen molar-refractivity contribution < 1.29 is 0 Å². The molecule has 2 N–H and O–H groups in total. The molecule has 0 saturated heterocycles. The number of nitrogens with two attached hydrogens (primary N) is 1. The summed E-state index contributed by atoms with van der Waals surface area (Å²) < 4.78 is 0. The summed E-state index contributed by atoms with van der Waals surface area (Å²) in [5, 5.41) is 4.38. The highest BCUT2D eigenvalue weighted by atomic mass is 35.5. The van der Waals surface area contributed by atoms with Gasteiger partial charge in [0.15, 0.2) is 0 Å². The van der Waals surface area contributed by atoms with Crippen molar-refractivity contribution >= 4 is 29.4 Å². The fourth-order valence-corrected chi connectivity index (χ4v) is 0.985. The van der Waals surface area contributed by atoms with Crippen LogP contribution in [0.4, 0.5) is 0 Å². The molecule has 0 amide bonds. The second kappa shape index (κ2) is 3.60. The summed E-state index contributed by atoms with van der Waals surface area (Å²) in [6, 6.07) is 5.17. The Balaban J connectivity index is 3.05. The van der Waals surface area contributed by atoms with E-state index in [-0.39, 0.29) is 0 Å². The largest absolute Gasteiger partial charge is 0.323 e. The SMILES string of the molecule is N/N=C\c1ccc(Cl)c(Cl)c1. The summed E-state index contributed by atoms with van der Waals surface area (Å²) in [6.45, 7) is 0. The predicted molar refractivity (Wildman–Crippen MR) is 48.2 cm³/mol. The highest BCUT2D eigenvalue weighted by Gasteiger charge is 1.96. The van der Waals surface area contributed by atoms with Crippen molar-refractivity contribution in [3.63, 3.8) is 0 Å². The van der Waals surface area contributed by atoms with Crippen molar-refractivity contribution in [1.82, 2.24) is 0 Å². The lowest BCUT2D eigenvalue weighted by Gasteiger charge is -1.95. The molecule has 0 atom stereocenters. The molecule has 11 heavy (non-hydrogen) atoms. The Hall–Kier alpha value is -0.730. The van der Waals surface area contributed by atoms with Crippen molar-refractivity contribution in [3.05, 3.63) is 33.8 Å². The summed E-state index contributed by atoms with van der Waals surface area (Å²) in [4.78, 5) is 0. The molecule has 0 aliphatic carbocycles. The topological polar surface area (TPSA) is 38.4 Å². The molecule has 0 spiro atoms. The van der Waals surface area contributed by atoms with Gasteiger partial charge < -0.3 is 5.84 Å². The van der Waals surface area contributed by atoms with Gasteiger partial charge in [-0.3, -0.25) is 0 Å². The molecule has 0 unspecified atom stereocenters. The number of nitrogens with zero attached hydrogens (tertiary/aromatic N) is 1. The molecule has 58 valence electrons.